The lowest BCUT2D eigenvalue weighted by molar-refractivity contribution is -0.119. The van der Waals surface area contributed by atoms with Crippen LogP contribution in [0.15, 0.2) is 11.4 Å². The van der Waals surface area contributed by atoms with Gasteiger partial charge in [-0.1, -0.05) is 12.5 Å². The Morgan fingerprint density at radius 2 is 1.15 bits per heavy atom. The number of fused-ring (bicyclic) bond motifs is 1. The average Bonchev–Trinajstić information content (AvgIpc) is 3.92. The van der Waals surface area contributed by atoms with Gasteiger partial charge in [-0.2, -0.15) is 0 Å². The average molecular weight is 1310 g/mol. The number of hydrogen-bond donors (Lipinski definition) is 10. The van der Waals surface area contributed by atoms with Crippen LogP contribution in [-0.4, -0.2) is 200 Å². The molecule has 0 bridgehead atoms. The molecular formula is C42H75N10O27P5. The second-order valence-electron chi connectivity index (χ2n) is 20.1. The van der Waals surface area contributed by atoms with Gasteiger partial charge in [0.05, 0.1) is 75.8 Å². The molecule has 5 aliphatic heterocycles. The highest BCUT2D eigenvalue weighted by Gasteiger charge is 2.47. The van der Waals surface area contributed by atoms with Gasteiger partial charge in [0.1, 0.15) is 72.7 Å². The number of rotatable bonds is 33. The summed E-state index contributed by atoms with van der Waals surface area (Å²) in [5.74, 6) is 0.0902. The van der Waals surface area contributed by atoms with Gasteiger partial charge in [0.15, 0.2) is 11.5 Å². The summed E-state index contributed by atoms with van der Waals surface area (Å²) in [5.41, 5.74) is 15.9. The molecule has 0 radical (unpaired) electrons. The van der Waals surface area contributed by atoms with Crippen molar-refractivity contribution in [1.29, 1.82) is 0 Å². The minimum atomic E-state index is -5.01. The maximum absolute atomic E-state index is 13.4. The molecule has 7 rings (SSSR count). The summed E-state index contributed by atoms with van der Waals surface area (Å²) in [6.45, 7) is 5.04. The first-order valence-corrected chi connectivity index (χ1v) is 33.7. The second-order valence-corrected chi connectivity index (χ2v) is 27.0. The molecular weight excluding hydrogens is 1230 g/mol. The molecule has 2 aromatic rings. The molecule has 7 heterocycles. The Morgan fingerprint density at radius 1 is 0.702 bits per heavy atom. The Balaban J connectivity index is 0.0000113. The fourth-order valence-corrected chi connectivity index (χ4v) is 13.9. The van der Waals surface area contributed by atoms with Crippen molar-refractivity contribution in [2.24, 2.45) is 5.11 Å². The van der Waals surface area contributed by atoms with Gasteiger partial charge in [0.25, 0.3) is 0 Å². The van der Waals surface area contributed by atoms with Crippen molar-refractivity contribution in [3.05, 3.63) is 22.6 Å². The topological polar surface area (TPSA) is 516 Å². The lowest BCUT2D eigenvalue weighted by Crippen LogP contribution is -2.40. The number of nitrogens with zero attached hydrogens (tertiary/aromatic N) is 6. The predicted octanol–water partition coefficient (Wildman–Crippen LogP) is 3.37. The molecule has 2 aromatic heterocycles. The highest BCUT2D eigenvalue weighted by Crippen LogP contribution is 2.53. The van der Waals surface area contributed by atoms with Crippen LogP contribution in [0.3, 0.4) is 0 Å². The number of imidazole rings is 1. The number of ether oxygens (including phenoxy) is 6. The van der Waals surface area contributed by atoms with Crippen molar-refractivity contribution in [3.63, 3.8) is 0 Å². The SMILES string of the molecule is C.CC(=O)NCCCOP(=O)(O)OC1CC(C)OC1COP(=O)(O)OC1CC(C)OC1COP(=O)(O)OC1CC(C)OC1COP(=O)(O)OC1CC(C)OC1CNCC(N=[N+]=[N-])OC1CC(c2nc3ncnc(N)c3[nH]2)OC1COP(=O)(O)O. The number of amides is 1. The van der Waals surface area contributed by atoms with Crippen molar-refractivity contribution in [1.82, 2.24) is 30.6 Å². The highest BCUT2D eigenvalue weighted by atomic mass is 31.2. The minimum Gasteiger partial charge on any atom is -0.382 e. The summed E-state index contributed by atoms with van der Waals surface area (Å²) in [6, 6.07) is 0. The zero-order valence-corrected chi connectivity index (χ0v) is 49.9. The number of carbonyl (C=O) groups excluding carboxylic acids is 1. The third-order valence-corrected chi connectivity index (χ3v) is 17.8. The summed E-state index contributed by atoms with van der Waals surface area (Å²) in [6.07, 6.45) is -13.6. The molecule has 5 aliphatic rings. The molecule has 5 saturated heterocycles. The largest absolute Gasteiger partial charge is 0.472 e. The van der Waals surface area contributed by atoms with Crippen LogP contribution in [0, 0.1) is 0 Å². The number of phosphoric ester groups is 5. The number of carbonyl (C=O) groups is 1. The van der Waals surface area contributed by atoms with E-state index in [0.29, 0.717) is 5.52 Å². The van der Waals surface area contributed by atoms with Gasteiger partial charge in [-0.25, -0.2) is 37.8 Å². The van der Waals surface area contributed by atoms with E-state index in [1.165, 1.54) is 13.3 Å². The zero-order chi connectivity index (χ0) is 60.5. The van der Waals surface area contributed by atoms with E-state index in [2.05, 4.69) is 40.6 Å². The molecule has 42 heteroatoms. The van der Waals surface area contributed by atoms with Gasteiger partial charge in [-0.15, -0.1) is 0 Å². The molecule has 0 saturated carbocycles. The lowest BCUT2D eigenvalue weighted by atomic mass is 10.1. The molecule has 20 unspecified atom stereocenters. The number of aromatic amines is 1. The van der Waals surface area contributed by atoms with Crippen LogP contribution < -0.4 is 16.4 Å². The molecule has 20 atom stereocenters. The van der Waals surface area contributed by atoms with Crippen LogP contribution in [0.1, 0.15) is 92.5 Å². The standard InChI is InChI=1S/C41H71N10O27P5.CH4/c1-21-9-27(32(69-21)14-44-15-37(50-51-43)74-26-13-31(73-33(26)16-65-79(53,54)55)40-48-38-39(42)46-20-47-41(38)49-40)75-81(58,59)66-18-35-29(11-23(3)71-35)77-83(62,63)68-19-36-30(12-24(4)72-36)78-82(60,61)67-17-34-28(10-22(2)70-34)76-80(56,57)64-8-6-7-45-25(5)52;/h20-24,26-37,44H,6-19H2,1-5H3,(H,45,52)(H,56,57)(H,58,59)(H,60,61)(H,62,63)(H2,53,54,55)(H3,42,46,47,48,49);1H4. The van der Waals surface area contributed by atoms with E-state index >= 15 is 0 Å². The Morgan fingerprint density at radius 3 is 1.62 bits per heavy atom. The van der Waals surface area contributed by atoms with Gasteiger partial charge < -0.3 is 79.1 Å². The maximum atomic E-state index is 13.4. The number of hydrogen-bond acceptors (Lipinski definition) is 27. The third-order valence-electron chi connectivity index (χ3n) is 13.2. The number of phosphoric acid groups is 5. The number of nitrogen functional groups attached to an aromatic ring is 1. The summed E-state index contributed by atoms with van der Waals surface area (Å²) < 4.78 is 147. The van der Waals surface area contributed by atoms with Gasteiger partial charge in [-0.05, 0) is 39.6 Å². The van der Waals surface area contributed by atoms with Crippen LogP contribution in [0.2, 0.25) is 0 Å². The fourth-order valence-electron chi connectivity index (χ4n) is 9.67. The van der Waals surface area contributed by atoms with Crippen molar-refractivity contribution in [3.8, 4) is 0 Å². The predicted molar refractivity (Wildman–Crippen MR) is 285 cm³/mol. The Hall–Kier alpha value is -2.60. The number of nitrogens with two attached hydrogens (primary N) is 1. The first kappa shape index (κ1) is 70.5. The van der Waals surface area contributed by atoms with Crippen LogP contribution in [-0.2, 0) is 96.8 Å². The van der Waals surface area contributed by atoms with Crippen molar-refractivity contribution in [2.75, 3.05) is 58.4 Å². The quantitative estimate of drug-likeness (QED) is 0.0161. The van der Waals surface area contributed by atoms with Gasteiger partial charge in [-0.3, -0.25) is 45.5 Å². The number of azide groups is 1. The Kier molecular flexibility index (Phi) is 25.8. The first-order valence-electron chi connectivity index (χ1n) is 26.1. The van der Waals surface area contributed by atoms with E-state index < -0.39 is 163 Å². The maximum Gasteiger partial charge on any atom is 0.472 e. The summed E-state index contributed by atoms with van der Waals surface area (Å²) >= 11 is 0. The van der Waals surface area contributed by atoms with Crippen molar-refractivity contribution >= 4 is 62.0 Å². The van der Waals surface area contributed by atoms with Crippen LogP contribution >= 0.6 is 39.1 Å². The van der Waals surface area contributed by atoms with Gasteiger partial charge >= 0.3 is 39.1 Å². The summed E-state index contributed by atoms with van der Waals surface area (Å²) in [7, 11) is -24.5. The van der Waals surface area contributed by atoms with Crippen LogP contribution in [0.4, 0.5) is 5.82 Å². The van der Waals surface area contributed by atoms with Gasteiger partial charge in [0.2, 0.25) is 5.91 Å². The highest BCUT2D eigenvalue weighted by molar-refractivity contribution is 7.48. The zero-order valence-electron chi connectivity index (χ0n) is 45.5. The third kappa shape index (κ3) is 21.9. The Bertz CT molecular complexity index is 2790. The normalized spacial score (nSPS) is 33.2. The van der Waals surface area contributed by atoms with Crippen LogP contribution in [0.25, 0.3) is 21.6 Å². The molecule has 11 N–H and O–H groups in total. The number of H-pyrrole nitrogens is 1. The first-order chi connectivity index (χ1) is 38.9. The van der Waals surface area contributed by atoms with E-state index in [4.69, 9.17) is 74.9 Å². The molecule has 480 valence electrons. The number of aromatic nitrogens is 4. The van der Waals surface area contributed by atoms with E-state index in [0.717, 1.165) is 0 Å². The molecule has 84 heavy (non-hydrogen) atoms. The van der Waals surface area contributed by atoms with Gasteiger partial charge in [0, 0.05) is 63.6 Å². The van der Waals surface area contributed by atoms with Crippen molar-refractivity contribution < 1.29 is 126 Å². The molecule has 0 aromatic carbocycles. The number of nitrogens with one attached hydrogen (secondary N) is 3. The smallest absolute Gasteiger partial charge is 0.382 e. The molecule has 0 aliphatic carbocycles. The molecule has 1 amide bonds. The van der Waals surface area contributed by atoms with E-state index in [9.17, 15) is 62.5 Å². The monoisotopic (exact) mass is 1310 g/mol. The Labute approximate surface area is 481 Å². The molecule has 37 nitrogen and oxygen atoms in total. The second kappa shape index (κ2) is 30.7. The lowest BCUT2D eigenvalue weighted by Gasteiger charge is -2.26. The van der Waals surface area contributed by atoms with E-state index in [1.807, 2.05) is 0 Å². The minimum absolute atomic E-state index is 0. The molecule has 0 spiro atoms. The number of anilines is 1. The van der Waals surface area contributed by atoms with E-state index in [-0.39, 0.29) is 95.4 Å². The fraction of sp³-hybridized carbons (Fsp3) is 0.857. The molecule has 5 fully saturated rings. The summed E-state index contributed by atoms with van der Waals surface area (Å²) in [5, 5.41) is 9.24. The van der Waals surface area contributed by atoms with Crippen LogP contribution in [0.5, 0.6) is 0 Å². The summed E-state index contributed by atoms with van der Waals surface area (Å²) in [4.78, 5) is 90.8. The van der Waals surface area contributed by atoms with E-state index in [1.54, 1.807) is 27.7 Å². The van der Waals surface area contributed by atoms with Crippen molar-refractivity contribution in [2.45, 2.75) is 178 Å².